The lowest BCUT2D eigenvalue weighted by atomic mass is 10.2. The third kappa shape index (κ3) is 3.11. The van der Waals surface area contributed by atoms with E-state index in [1.807, 2.05) is 31.3 Å². The summed E-state index contributed by atoms with van der Waals surface area (Å²) in [5.74, 6) is 2.43. The van der Waals surface area contributed by atoms with E-state index in [2.05, 4.69) is 10.3 Å². The van der Waals surface area contributed by atoms with Crippen molar-refractivity contribution < 1.29 is 9.15 Å². The van der Waals surface area contributed by atoms with Crippen molar-refractivity contribution in [3.8, 4) is 17.1 Å². The Morgan fingerprint density at radius 2 is 2.06 bits per heavy atom. The Balaban J connectivity index is 2.04. The van der Waals surface area contributed by atoms with Crippen molar-refractivity contribution in [2.75, 3.05) is 20.7 Å². The minimum absolute atomic E-state index is 0.788. The lowest BCUT2D eigenvalue weighted by Gasteiger charge is -2.00. The van der Waals surface area contributed by atoms with Gasteiger partial charge in [-0.15, -0.1) is 0 Å². The summed E-state index contributed by atoms with van der Waals surface area (Å²) in [4.78, 5) is 4.28. The number of aryl methyl sites for hydroxylation is 1. The molecule has 0 saturated heterocycles. The second-order valence-corrected chi connectivity index (χ2v) is 4.05. The van der Waals surface area contributed by atoms with Crippen molar-refractivity contribution in [2.45, 2.75) is 12.8 Å². The molecule has 0 radical (unpaired) electrons. The second kappa shape index (κ2) is 6.21. The molecule has 0 fully saturated rings. The summed E-state index contributed by atoms with van der Waals surface area (Å²) >= 11 is 0. The molecule has 1 N–H and O–H groups in total. The van der Waals surface area contributed by atoms with Gasteiger partial charge in [0, 0.05) is 12.0 Å². The quantitative estimate of drug-likeness (QED) is 0.795. The molecular weight excluding hydrogens is 228 g/mol. The van der Waals surface area contributed by atoms with Crippen molar-refractivity contribution in [3.05, 3.63) is 36.4 Å². The number of rotatable bonds is 6. The number of hydrogen-bond acceptors (Lipinski definition) is 4. The van der Waals surface area contributed by atoms with Crippen LogP contribution in [0.3, 0.4) is 0 Å². The van der Waals surface area contributed by atoms with Gasteiger partial charge in [-0.05, 0) is 44.3 Å². The van der Waals surface area contributed by atoms with Crippen molar-refractivity contribution >= 4 is 0 Å². The van der Waals surface area contributed by atoms with E-state index < -0.39 is 0 Å². The molecule has 18 heavy (non-hydrogen) atoms. The van der Waals surface area contributed by atoms with Crippen LogP contribution in [0.1, 0.15) is 12.3 Å². The van der Waals surface area contributed by atoms with E-state index in [0.717, 1.165) is 42.4 Å². The SMILES string of the molecule is CNCCCc1ncc(-c2ccc(OC)cc2)o1. The highest BCUT2D eigenvalue weighted by atomic mass is 16.5. The molecule has 0 aliphatic heterocycles. The molecule has 0 aliphatic rings. The van der Waals surface area contributed by atoms with E-state index in [0.29, 0.717) is 0 Å². The molecule has 0 aliphatic carbocycles. The summed E-state index contributed by atoms with van der Waals surface area (Å²) in [5.41, 5.74) is 1.02. The van der Waals surface area contributed by atoms with E-state index in [9.17, 15) is 0 Å². The molecule has 0 amide bonds. The first-order chi connectivity index (χ1) is 8.83. The molecule has 96 valence electrons. The topological polar surface area (TPSA) is 47.3 Å². The summed E-state index contributed by atoms with van der Waals surface area (Å²) < 4.78 is 10.8. The van der Waals surface area contributed by atoms with Gasteiger partial charge in [-0.2, -0.15) is 0 Å². The highest BCUT2D eigenvalue weighted by molar-refractivity contribution is 5.57. The minimum atomic E-state index is 0.788. The van der Waals surface area contributed by atoms with Crippen LogP contribution in [0.2, 0.25) is 0 Å². The summed E-state index contributed by atoms with van der Waals surface area (Å²) in [7, 11) is 3.60. The molecule has 1 aromatic heterocycles. The van der Waals surface area contributed by atoms with Crippen molar-refractivity contribution in [2.24, 2.45) is 0 Å². The molecule has 2 aromatic rings. The van der Waals surface area contributed by atoms with Crippen LogP contribution in [-0.2, 0) is 6.42 Å². The van der Waals surface area contributed by atoms with Gasteiger partial charge in [-0.3, -0.25) is 0 Å². The van der Waals surface area contributed by atoms with Crippen LogP contribution < -0.4 is 10.1 Å². The number of hydrogen-bond donors (Lipinski definition) is 1. The number of oxazole rings is 1. The Morgan fingerprint density at radius 1 is 1.28 bits per heavy atom. The van der Waals surface area contributed by atoms with Gasteiger partial charge in [0.15, 0.2) is 11.7 Å². The van der Waals surface area contributed by atoms with Gasteiger partial charge < -0.3 is 14.5 Å². The van der Waals surface area contributed by atoms with Crippen LogP contribution in [-0.4, -0.2) is 25.7 Å². The maximum atomic E-state index is 5.71. The Kier molecular flexibility index (Phi) is 4.36. The first-order valence-corrected chi connectivity index (χ1v) is 6.07. The predicted molar refractivity (Wildman–Crippen MR) is 70.7 cm³/mol. The average molecular weight is 246 g/mol. The third-order valence-electron chi connectivity index (χ3n) is 2.75. The Bertz CT molecular complexity index is 477. The maximum Gasteiger partial charge on any atom is 0.194 e. The highest BCUT2D eigenvalue weighted by Gasteiger charge is 2.06. The molecule has 0 saturated carbocycles. The number of nitrogens with zero attached hydrogens (tertiary/aromatic N) is 1. The standard InChI is InChI=1S/C14H18N2O2/c1-15-9-3-4-14-16-10-13(18-14)11-5-7-12(17-2)8-6-11/h5-8,10,15H,3-4,9H2,1-2H3. The van der Waals surface area contributed by atoms with E-state index in [1.54, 1.807) is 13.3 Å². The summed E-state index contributed by atoms with van der Waals surface area (Å²) in [6, 6.07) is 7.77. The van der Waals surface area contributed by atoms with Gasteiger partial charge in [0.2, 0.25) is 0 Å². The van der Waals surface area contributed by atoms with E-state index in [-0.39, 0.29) is 0 Å². The van der Waals surface area contributed by atoms with E-state index in [4.69, 9.17) is 9.15 Å². The third-order valence-corrected chi connectivity index (χ3v) is 2.75. The summed E-state index contributed by atoms with van der Waals surface area (Å²) in [6.07, 6.45) is 3.66. The zero-order valence-corrected chi connectivity index (χ0v) is 10.8. The summed E-state index contributed by atoms with van der Waals surface area (Å²) in [6.45, 7) is 0.972. The van der Waals surface area contributed by atoms with Gasteiger partial charge in [0.25, 0.3) is 0 Å². The van der Waals surface area contributed by atoms with Gasteiger partial charge in [0.05, 0.1) is 13.3 Å². The van der Waals surface area contributed by atoms with Crippen LogP contribution in [0.4, 0.5) is 0 Å². The van der Waals surface area contributed by atoms with Crippen LogP contribution in [0.5, 0.6) is 5.75 Å². The van der Waals surface area contributed by atoms with Gasteiger partial charge in [-0.25, -0.2) is 4.98 Å². The Hall–Kier alpha value is -1.81. The lowest BCUT2D eigenvalue weighted by Crippen LogP contribution is -2.08. The Labute approximate surface area is 107 Å². The molecule has 2 rings (SSSR count). The molecule has 1 aromatic carbocycles. The van der Waals surface area contributed by atoms with Crippen LogP contribution in [0, 0.1) is 0 Å². The largest absolute Gasteiger partial charge is 0.497 e. The minimum Gasteiger partial charge on any atom is -0.497 e. The number of methoxy groups -OCH3 is 1. The molecule has 4 nitrogen and oxygen atoms in total. The Morgan fingerprint density at radius 3 is 2.72 bits per heavy atom. The highest BCUT2D eigenvalue weighted by Crippen LogP contribution is 2.23. The fourth-order valence-corrected chi connectivity index (χ4v) is 1.73. The van der Waals surface area contributed by atoms with Crippen molar-refractivity contribution in [1.82, 2.24) is 10.3 Å². The number of aromatic nitrogens is 1. The fourth-order valence-electron chi connectivity index (χ4n) is 1.73. The average Bonchev–Trinajstić information content (AvgIpc) is 2.88. The van der Waals surface area contributed by atoms with Crippen molar-refractivity contribution in [1.29, 1.82) is 0 Å². The van der Waals surface area contributed by atoms with Crippen molar-refractivity contribution in [3.63, 3.8) is 0 Å². The smallest absolute Gasteiger partial charge is 0.194 e. The van der Waals surface area contributed by atoms with Gasteiger partial charge in [-0.1, -0.05) is 0 Å². The maximum absolute atomic E-state index is 5.71. The molecule has 0 unspecified atom stereocenters. The normalized spacial score (nSPS) is 10.6. The molecule has 4 heteroatoms. The summed E-state index contributed by atoms with van der Waals surface area (Å²) in [5, 5.41) is 3.11. The predicted octanol–water partition coefficient (Wildman–Crippen LogP) is 2.50. The number of nitrogens with one attached hydrogen (secondary N) is 1. The van der Waals surface area contributed by atoms with Crippen LogP contribution >= 0.6 is 0 Å². The zero-order chi connectivity index (χ0) is 12.8. The van der Waals surface area contributed by atoms with Crippen LogP contribution in [0.15, 0.2) is 34.9 Å². The van der Waals surface area contributed by atoms with Crippen LogP contribution in [0.25, 0.3) is 11.3 Å². The first kappa shape index (κ1) is 12.6. The van der Waals surface area contributed by atoms with E-state index in [1.165, 1.54) is 0 Å². The lowest BCUT2D eigenvalue weighted by molar-refractivity contribution is 0.415. The first-order valence-electron chi connectivity index (χ1n) is 6.07. The van der Waals surface area contributed by atoms with E-state index >= 15 is 0 Å². The fraction of sp³-hybridized carbons (Fsp3) is 0.357. The number of benzene rings is 1. The molecular formula is C14H18N2O2. The number of ether oxygens (including phenoxy) is 1. The molecule has 1 heterocycles. The van der Waals surface area contributed by atoms with Gasteiger partial charge >= 0.3 is 0 Å². The second-order valence-electron chi connectivity index (χ2n) is 4.05. The zero-order valence-electron chi connectivity index (χ0n) is 10.8. The monoisotopic (exact) mass is 246 g/mol. The van der Waals surface area contributed by atoms with Gasteiger partial charge in [0.1, 0.15) is 5.75 Å². The molecule has 0 spiro atoms. The molecule has 0 atom stereocenters. The molecule has 0 bridgehead atoms.